The van der Waals surface area contributed by atoms with Crippen molar-refractivity contribution in [1.82, 2.24) is 0 Å². The molecule has 0 aromatic heterocycles. The Kier molecular flexibility index (Phi) is 6.11. The highest BCUT2D eigenvalue weighted by molar-refractivity contribution is 5.35. The lowest BCUT2D eigenvalue weighted by Crippen LogP contribution is -2.36. The molecule has 0 amide bonds. The Morgan fingerprint density at radius 3 is 2.55 bits per heavy atom. The first-order valence-electron chi connectivity index (χ1n) is 12.7. The van der Waals surface area contributed by atoms with Gasteiger partial charge in [-0.3, -0.25) is 0 Å². The third kappa shape index (κ3) is 3.68. The van der Waals surface area contributed by atoms with Gasteiger partial charge in [0, 0.05) is 12.5 Å². The molecule has 164 valence electrons. The fraction of sp³-hybridized carbons (Fsp3) is 0.857. The van der Waals surface area contributed by atoms with Crippen LogP contribution < -0.4 is 0 Å². The summed E-state index contributed by atoms with van der Waals surface area (Å²) in [6.45, 7) is 14.4. The minimum absolute atomic E-state index is 0.280. The van der Waals surface area contributed by atoms with Gasteiger partial charge in [0.15, 0.2) is 0 Å². The molecule has 4 saturated carbocycles. The van der Waals surface area contributed by atoms with Gasteiger partial charge in [-0.15, -0.1) is 0 Å². The van der Waals surface area contributed by atoms with E-state index in [0.717, 1.165) is 29.6 Å². The SMILES string of the molecule is C=C1CC[C@@H]2C[C@]12[C@@H](/C=C1\CCC[C@]2(C)[C@@H]([C@H](C)CCCC(C)C)CC[C@@H]12)OC. The fourth-order valence-corrected chi connectivity index (χ4v) is 8.16. The number of methoxy groups -OCH3 is 1. The van der Waals surface area contributed by atoms with Crippen molar-refractivity contribution in [2.24, 2.45) is 40.4 Å². The van der Waals surface area contributed by atoms with Gasteiger partial charge in [0.2, 0.25) is 0 Å². The van der Waals surface area contributed by atoms with E-state index in [9.17, 15) is 0 Å². The van der Waals surface area contributed by atoms with Gasteiger partial charge in [-0.1, -0.05) is 70.8 Å². The average molecular weight is 399 g/mol. The average Bonchev–Trinajstić information content (AvgIpc) is 3.17. The molecule has 7 atom stereocenters. The second kappa shape index (κ2) is 8.18. The molecule has 0 heterocycles. The summed E-state index contributed by atoms with van der Waals surface area (Å²) in [7, 11) is 1.94. The zero-order chi connectivity index (χ0) is 20.8. The first-order valence-corrected chi connectivity index (χ1v) is 12.7. The van der Waals surface area contributed by atoms with E-state index >= 15 is 0 Å². The summed E-state index contributed by atoms with van der Waals surface area (Å²) in [6.07, 6.45) is 18.0. The van der Waals surface area contributed by atoms with Gasteiger partial charge in [-0.2, -0.15) is 0 Å². The minimum atomic E-state index is 0.280. The summed E-state index contributed by atoms with van der Waals surface area (Å²) in [4.78, 5) is 0. The van der Waals surface area contributed by atoms with Crippen molar-refractivity contribution in [2.75, 3.05) is 7.11 Å². The summed E-state index contributed by atoms with van der Waals surface area (Å²) in [5.41, 5.74) is 4.06. The lowest BCUT2D eigenvalue weighted by atomic mass is 9.60. The van der Waals surface area contributed by atoms with Crippen molar-refractivity contribution in [2.45, 2.75) is 104 Å². The highest BCUT2D eigenvalue weighted by Crippen LogP contribution is 2.69. The van der Waals surface area contributed by atoms with E-state index in [1.165, 1.54) is 76.2 Å². The van der Waals surface area contributed by atoms with Crippen LogP contribution in [-0.2, 0) is 4.74 Å². The Labute approximate surface area is 180 Å². The predicted octanol–water partition coefficient (Wildman–Crippen LogP) is 7.96. The normalized spacial score (nSPS) is 42.2. The van der Waals surface area contributed by atoms with Gasteiger partial charge in [-0.05, 0) is 86.4 Å². The molecule has 4 aliphatic rings. The van der Waals surface area contributed by atoms with Crippen LogP contribution in [0.3, 0.4) is 0 Å². The van der Waals surface area contributed by atoms with Crippen LogP contribution in [0.2, 0.25) is 0 Å². The van der Waals surface area contributed by atoms with Gasteiger partial charge >= 0.3 is 0 Å². The van der Waals surface area contributed by atoms with Gasteiger partial charge in [0.25, 0.3) is 0 Å². The molecule has 4 aliphatic carbocycles. The molecule has 0 aromatic carbocycles. The molecule has 0 radical (unpaired) electrons. The molecule has 0 N–H and O–H groups in total. The highest BCUT2D eigenvalue weighted by atomic mass is 16.5. The Hall–Kier alpha value is -0.560. The van der Waals surface area contributed by atoms with Gasteiger partial charge in [-0.25, -0.2) is 0 Å². The number of hydrogen-bond acceptors (Lipinski definition) is 1. The standard InChI is InChI=1S/C28H46O/c1-19(2)9-7-10-20(3)24-14-15-25-22(11-8-16-27(24,25)5)17-26(29-6)28-18-23(28)13-12-21(28)4/h17,19-20,23-26H,4,7-16,18H2,1-3,5-6H3/b22-17+/t20-,23-,24-,25+,26-,27-,28+/m1/s1. The monoisotopic (exact) mass is 398 g/mol. The summed E-state index contributed by atoms with van der Waals surface area (Å²) in [5, 5.41) is 0. The quantitative estimate of drug-likeness (QED) is 0.377. The molecule has 29 heavy (non-hydrogen) atoms. The van der Waals surface area contributed by atoms with Gasteiger partial charge in [0.1, 0.15) is 0 Å². The van der Waals surface area contributed by atoms with E-state index in [2.05, 4.69) is 40.3 Å². The first-order chi connectivity index (χ1) is 13.8. The van der Waals surface area contributed by atoms with E-state index in [4.69, 9.17) is 4.74 Å². The van der Waals surface area contributed by atoms with E-state index in [0.29, 0.717) is 10.8 Å². The Bertz CT molecular complexity index is 645. The van der Waals surface area contributed by atoms with E-state index in [1.807, 2.05) is 7.11 Å². The van der Waals surface area contributed by atoms with Crippen LogP contribution >= 0.6 is 0 Å². The number of allylic oxidation sites excluding steroid dienone is 1. The van der Waals surface area contributed by atoms with Crippen molar-refractivity contribution in [3.63, 3.8) is 0 Å². The van der Waals surface area contributed by atoms with Crippen molar-refractivity contribution in [3.8, 4) is 0 Å². The Morgan fingerprint density at radius 1 is 1.14 bits per heavy atom. The third-order valence-corrected chi connectivity index (χ3v) is 9.90. The molecule has 0 bridgehead atoms. The zero-order valence-electron chi connectivity index (χ0n) is 19.9. The van der Waals surface area contributed by atoms with Crippen molar-refractivity contribution in [3.05, 3.63) is 23.8 Å². The number of ether oxygens (including phenoxy) is 1. The molecule has 0 spiro atoms. The van der Waals surface area contributed by atoms with Gasteiger partial charge in [0.05, 0.1) is 6.10 Å². The molecule has 1 heteroatoms. The molecule has 0 unspecified atom stereocenters. The number of hydrogen-bond donors (Lipinski definition) is 0. The lowest BCUT2D eigenvalue weighted by Gasteiger charge is -2.45. The van der Waals surface area contributed by atoms with Crippen LogP contribution in [0.1, 0.15) is 98.3 Å². The van der Waals surface area contributed by atoms with Crippen molar-refractivity contribution < 1.29 is 4.74 Å². The molecule has 0 aromatic rings. The lowest BCUT2D eigenvalue weighted by molar-refractivity contribution is 0.0779. The van der Waals surface area contributed by atoms with Crippen LogP contribution in [0.4, 0.5) is 0 Å². The van der Waals surface area contributed by atoms with Crippen LogP contribution in [0.15, 0.2) is 23.8 Å². The summed E-state index contributed by atoms with van der Waals surface area (Å²) < 4.78 is 6.15. The maximum absolute atomic E-state index is 6.15. The molecule has 4 fully saturated rings. The van der Waals surface area contributed by atoms with E-state index in [1.54, 1.807) is 5.57 Å². The van der Waals surface area contributed by atoms with Gasteiger partial charge < -0.3 is 4.74 Å². The maximum Gasteiger partial charge on any atom is 0.0850 e. The molecule has 0 aliphatic heterocycles. The molecule has 4 rings (SSSR count). The Balaban J connectivity index is 1.49. The topological polar surface area (TPSA) is 9.23 Å². The summed E-state index contributed by atoms with van der Waals surface area (Å²) in [6, 6.07) is 0. The Morgan fingerprint density at radius 2 is 1.93 bits per heavy atom. The number of rotatable bonds is 8. The minimum Gasteiger partial charge on any atom is -0.376 e. The van der Waals surface area contributed by atoms with Crippen LogP contribution in [0.5, 0.6) is 0 Å². The summed E-state index contributed by atoms with van der Waals surface area (Å²) in [5.74, 6) is 4.29. The smallest absolute Gasteiger partial charge is 0.0850 e. The molecular formula is C28H46O. The molecule has 1 nitrogen and oxygen atoms in total. The van der Waals surface area contributed by atoms with Crippen molar-refractivity contribution >= 4 is 0 Å². The highest BCUT2D eigenvalue weighted by Gasteiger charge is 2.63. The van der Waals surface area contributed by atoms with E-state index in [-0.39, 0.29) is 6.10 Å². The zero-order valence-corrected chi connectivity index (χ0v) is 19.9. The molecular weight excluding hydrogens is 352 g/mol. The predicted molar refractivity (Wildman–Crippen MR) is 124 cm³/mol. The fourth-order valence-electron chi connectivity index (χ4n) is 8.16. The summed E-state index contributed by atoms with van der Waals surface area (Å²) >= 11 is 0. The van der Waals surface area contributed by atoms with Crippen LogP contribution in [0.25, 0.3) is 0 Å². The molecule has 0 saturated heterocycles. The third-order valence-electron chi connectivity index (χ3n) is 9.90. The second-order valence-corrected chi connectivity index (χ2v) is 11.9. The first kappa shape index (κ1) is 21.7. The number of fused-ring (bicyclic) bond motifs is 2. The van der Waals surface area contributed by atoms with Crippen LogP contribution in [0, 0.1) is 40.4 Å². The van der Waals surface area contributed by atoms with Crippen molar-refractivity contribution in [1.29, 1.82) is 0 Å². The largest absolute Gasteiger partial charge is 0.376 e. The maximum atomic E-state index is 6.15. The van der Waals surface area contributed by atoms with Crippen LogP contribution in [-0.4, -0.2) is 13.2 Å². The van der Waals surface area contributed by atoms with E-state index < -0.39 is 0 Å². The second-order valence-electron chi connectivity index (χ2n) is 11.9.